The van der Waals surface area contributed by atoms with Gasteiger partial charge in [-0.1, -0.05) is 17.7 Å². The predicted molar refractivity (Wildman–Crippen MR) is 77.4 cm³/mol. The minimum atomic E-state index is 0. The van der Waals surface area contributed by atoms with Gasteiger partial charge in [-0.05, 0) is 44.4 Å². The Hall–Kier alpha value is -1.06. The van der Waals surface area contributed by atoms with Crippen molar-refractivity contribution in [2.75, 3.05) is 25.0 Å². The van der Waals surface area contributed by atoms with Gasteiger partial charge in [-0.3, -0.25) is 4.79 Å². The molecule has 0 unspecified atom stereocenters. The fraction of sp³-hybridized carbons (Fsp3) is 0.500. The van der Waals surface area contributed by atoms with Crippen molar-refractivity contribution in [2.45, 2.75) is 19.8 Å². The quantitative estimate of drug-likeness (QED) is 0.889. The number of amides is 1. The third-order valence-electron chi connectivity index (χ3n) is 3.20. The summed E-state index contributed by atoms with van der Waals surface area (Å²) in [4.78, 5) is 13.6. The van der Waals surface area contributed by atoms with Gasteiger partial charge in [0.15, 0.2) is 0 Å². The average Bonchev–Trinajstić information content (AvgIpc) is 3.13. The summed E-state index contributed by atoms with van der Waals surface area (Å²) in [5.74, 6) is 0.932. The summed E-state index contributed by atoms with van der Waals surface area (Å²) < 4.78 is 0. The second-order valence-corrected chi connectivity index (χ2v) is 4.86. The van der Waals surface area contributed by atoms with Crippen molar-refractivity contribution in [3.8, 4) is 0 Å². The van der Waals surface area contributed by atoms with Gasteiger partial charge in [-0.2, -0.15) is 0 Å². The van der Waals surface area contributed by atoms with Crippen LogP contribution >= 0.6 is 12.4 Å². The van der Waals surface area contributed by atoms with Crippen LogP contribution in [0.3, 0.4) is 0 Å². The number of anilines is 1. The molecular weight excluding hydrogens is 248 g/mol. The Morgan fingerprint density at radius 1 is 1.33 bits per heavy atom. The molecule has 1 aromatic rings. The molecule has 1 aliphatic carbocycles. The van der Waals surface area contributed by atoms with E-state index in [0.717, 1.165) is 18.2 Å². The second-order valence-electron chi connectivity index (χ2n) is 4.86. The van der Waals surface area contributed by atoms with Gasteiger partial charge in [0.25, 0.3) is 0 Å². The SMILES string of the molecule is Cc1ccc(N(C)C(=O)CNCC2CC2)cc1.Cl. The molecule has 0 aliphatic heterocycles. The van der Waals surface area contributed by atoms with Gasteiger partial charge >= 0.3 is 0 Å². The van der Waals surface area contributed by atoms with Crippen LogP contribution in [0, 0.1) is 12.8 Å². The number of halogens is 1. The maximum absolute atomic E-state index is 11.9. The molecule has 1 fully saturated rings. The first-order chi connectivity index (χ1) is 8.16. The molecule has 0 saturated heterocycles. The number of benzene rings is 1. The number of rotatable bonds is 5. The molecular formula is C14H21ClN2O. The molecule has 0 spiro atoms. The smallest absolute Gasteiger partial charge is 0.240 e. The largest absolute Gasteiger partial charge is 0.314 e. The van der Waals surface area contributed by atoms with Crippen LogP contribution in [0.5, 0.6) is 0 Å². The third kappa shape index (κ3) is 4.31. The van der Waals surface area contributed by atoms with Crippen LogP contribution in [0.2, 0.25) is 0 Å². The number of nitrogens with one attached hydrogen (secondary N) is 1. The lowest BCUT2D eigenvalue weighted by Gasteiger charge is -2.17. The molecule has 1 N–H and O–H groups in total. The first-order valence-corrected chi connectivity index (χ1v) is 6.21. The number of aryl methyl sites for hydroxylation is 1. The summed E-state index contributed by atoms with van der Waals surface area (Å²) in [5, 5.41) is 3.22. The molecule has 1 aliphatic rings. The normalized spacial score (nSPS) is 13.9. The van der Waals surface area contributed by atoms with Crippen molar-refractivity contribution >= 4 is 24.0 Å². The number of carbonyl (C=O) groups is 1. The van der Waals surface area contributed by atoms with Crippen molar-refractivity contribution in [1.29, 1.82) is 0 Å². The van der Waals surface area contributed by atoms with Crippen LogP contribution in [0.25, 0.3) is 0 Å². The van der Waals surface area contributed by atoms with Crippen LogP contribution in [0.1, 0.15) is 18.4 Å². The molecule has 0 atom stereocenters. The van der Waals surface area contributed by atoms with Crippen LogP contribution < -0.4 is 10.2 Å². The standard InChI is InChI=1S/C14H20N2O.ClH/c1-11-3-7-13(8-4-11)16(2)14(17)10-15-9-12-5-6-12;/h3-4,7-8,12,15H,5-6,9-10H2,1-2H3;1H. The Bertz CT molecular complexity index is 387. The van der Waals surface area contributed by atoms with Crippen molar-refractivity contribution in [1.82, 2.24) is 5.32 Å². The zero-order valence-corrected chi connectivity index (χ0v) is 11.8. The maximum Gasteiger partial charge on any atom is 0.240 e. The monoisotopic (exact) mass is 268 g/mol. The average molecular weight is 269 g/mol. The van der Waals surface area contributed by atoms with Gasteiger partial charge in [0, 0.05) is 12.7 Å². The Kier molecular flexibility index (Phi) is 5.63. The molecule has 100 valence electrons. The van der Waals surface area contributed by atoms with Gasteiger partial charge in [0.2, 0.25) is 5.91 Å². The van der Waals surface area contributed by atoms with E-state index < -0.39 is 0 Å². The number of hydrogen-bond donors (Lipinski definition) is 1. The van der Waals surface area contributed by atoms with E-state index in [1.54, 1.807) is 4.90 Å². The zero-order valence-electron chi connectivity index (χ0n) is 11.0. The van der Waals surface area contributed by atoms with E-state index in [1.807, 2.05) is 38.2 Å². The molecule has 2 rings (SSSR count). The van der Waals surface area contributed by atoms with Crippen LogP contribution in [-0.4, -0.2) is 26.0 Å². The fourth-order valence-corrected chi connectivity index (χ4v) is 1.74. The first-order valence-electron chi connectivity index (χ1n) is 6.21. The molecule has 0 radical (unpaired) electrons. The van der Waals surface area contributed by atoms with E-state index in [0.29, 0.717) is 6.54 Å². The molecule has 1 aromatic carbocycles. The zero-order chi connectivity index (χ0) is 12.3. The van der Waals surface area contributed by atoms with Crippen LogP contribution in [-0.2, 0) is 4.79 Å². The Morgan fingerprint density at radius 2 is 1.94 bits per heavy atom. The van der Waals surface area contributed by atoms with Gasteiger partial charge in [0.1, 0.15) is 0 Å². The van der Waals surface area contributed by atoms with Gasteiger partial charge in [-0.15, -0.1) is 12.4 Å². The first kappa shape index (κ1) is 15.0. The highest BCUT2D eigenvalue weighted by Crippen LogP contribution is 2.27. The lowest BCUT2D eigenvalue weighted by molar-refractivity contribution is -0.117. The second kappa shape index (κ2) is 6.76. The van der Waals surface area contributed by atoms with E-state index >= 15 is 0 Å². The van der Waals surface area contributed by atoms with E-state index in [2.05, 4.69) is 5.32 Å². The molecule has 3 nitrogen and oxygen atoms in total. The van der Waals surface area contributed by atoms with Crippen LogP contribution in [0.15, 0.2) is 24.3 Å². The number of hydrogen-bond acceptors (Lipinski definition) is 2. The molecule has 0 aromatic heterocycles. The van der Waals surface area contributed by atoms with Crippen molar-refractivity contribution in [3.05, 3.63) is 29.8 Å². The van der Waals surface area contributed by atoms with Crippen molar-refractivity contribution in [3.63, 3.8) is 0 Å². The highest BCUT2D eigenvalue weighted by Gasteiger charge is 2.21. The number of likely N-dealkylation sites (N-methyl/N-ethyl adjacent to an activating group) is 1. The van der Waals surface area contributed by atoms with Crippen molar-refractivity contribution in [2.24, 2.45) is 5.92 Å². The molecule has 0 bridgehead atoms. The van der Waals surface area contributed by atoms with Gasteiger partial charge in [0.05, 0.1) is 6.54 Å². The lowest BCUT2D eigenvalue weighted by Crippen LogP contribution is -2.36. The lowest BCUT2D eigenvalue weighted by atomic mass is 10.2. The summed E-state index contributed by atoms with van der Waals surface area (Å²) in [6, 6.07) is 8.01. The van der Waals surface area contributed by atoms with Crippen LogP contribution in [0.4, 0.5) is 5.69 Å². The van der Waals surface area contributed by atoms with Gasteiger partial charge < -0.3 is 10.2 Å². The molecule has 1 saturated carbocycles. The molecule has 1 amide bonds. The maximum atomic E-state index is 11.9. The Morgan fingerprint density at radius 3 is 2.50 bits per heavy atom. The Labute approximate surface area is 115 Å². The predicted octanol–water partition coefficient (Wildman–Crippen LogP) is 2.38. The molecule has 4 heteroatoms. The topological polar surface area (TPSA) is 32.3 Å². The summed E-state index contributed by atoms with van der Waals surface area (Å²) in [6.45, 7) is 3.46. The number of carbonyl (C=O) groups excluding carboxylic acids is 1. The summed E-state index contributed by atoms with van der Waals surface area (Å²) in [6.07, 6.45) is 2.63. The molecule has 0 heterocycles. The summed E-state index contributed by atoms with van der Waals surface area (Å²) >= 11 is 0. The van der Waals surface area contributed by atoms with Gasteiger partial charge in [-0.25, -0.2) is 0 Å². The highest BCUT2D eigenvalue weighted by molar-refractivity contribution is 5.94. The number of nitrogens with zero attached hydrogens (tertiary/aromatic N) is 1. The summed E-state index contributed by atoms with van der Waals surface area (Å²) in [7, 11) is 1.83. The molecule has 18 heavy (non-hydrogen) atoms. The van der Waals surface area contributed by atoms with E-state index in [9.17, 15) is 4.79 Å². The summed E-state index contributed by atoms with van der Waals surface area (Å²) in [5.41, 5.74) is 2.16. The Balaban J connectivity index is 0.00000162. The minimum Gasteiger partial charge on any atom is -0.314 e. The van der Waals surface area contributed by atoms with E-state index in [1.165, 1.54) is 18.4 Å². The third-order valence-corrected chi connectivity index (χ3v) is 3.20. The fourth-order valence-electron chi connectivity index (χ4n) is 1.74. The minimum absolute atomic E-state index is 0. The van der Waals surface area contributed by atoms with E-state index in [-0.39, 0.29) is 18.3 Å². The highest BCUT2D eigenvalue weighted by atomic mass is 35.5. The van der Waals surface area contributed by atoms with Crippen molar-refractivity contribution < 1.29 is 4.79 Å². The van der Waals surface area contributed by atoms with E-state index in [4.69, 9.17) is 0 Å².